The maximum Gasteiger partial charge on any atom is 0.167 e. The van der Waals surface area contributed by atoms with Crippen molar-refractivity contribution in [2.75, 3.05) is 0 Å². The van der Waals surface area contributed by atoms with Crippen LogP contribution in [0.15, 0.2) is 160 Å². The lowest BCUT2D eigenvalue weighted by atomic mass is 10.0. The predicted molar refractivity (Wildman–Crippen MR) is 194 cm³/mol. The summed E-state index contributed by atoms with van der Waals surface area (Å²) in [5, 5.41) is 1.30. The number of hydrogen-bond donors (Lipinski definition) is 0. The van der Waals surface area contributed by atoms with E-state index in [1.807, 2.05) is 91.0 Å². The third-order valence-electron chi connectivity index (χ3n) is 8.47. The SMILES string of the molecule is [2H]c1c([2H])c([2H])c2c(oc3c4c([2H])c([2H])c([2H])c([2H])c4c([2H])c([2H])c32)c1-c1nc(-c2ccccc2)nc(-c2ccc3c(c2)oc2cc(-c4ccccc4)ccc23)n1. The molecule has 0 amide bonds. The van der Waals surface area contributed by atoms with Crippen LogP contribution in [0.3, 0.4) is 0 Å². The molecule has 10 rings (SSSR count). The van der Waals surface area contributed by atoms with Gasteiger partial charge in [-0.15, -0.1) is 0 Å². The Labute approximate surface area is 287 Å². The molecule has 0 atom stereocenters. The van der Waals surface area contributed by atoms with Gasteiger partial charge in [0.15, 0.2) is 17.5 Å². The standard InChI is InChI=1S/C43H25N3O2/c1-3-10-26(11-4-1)29-19-21-32-33-22-20-30(25-38(33)47-37(32)24-29)42-44-41(28-13-5-2-6-14-28)45-43(46-42)36-17-9-16-34-35-23-18-27-12-7-8-15-31(27)39(35)48-40(34)36/h1-25H/i7D,8D,9D,12D,15D,16D,17D,18D,23D. The number of rotatable bonds is 4. The molecule has 0 aliphatic heterocycles. The molecule has 224 valence electrons. The monoisotopic (exact) mass is 624 g/mol. The van der Waals surface area contributed by atoms with Gasteiger partial charge in [-0.05, 0) is 52.9 Å². The maximum absolute atomic E-state index is 9.14. The zero-order chi connectivity index (χ0) is 39.4. The summed E-state index contributed by atoms with van der Waals surface area (Å²) in [5.74, 6) is 0.389. The van der Waals surface area contributed by atoms with Crippen molar-refractivity contribution >= 4 is 54.6 Å². The highest BCUT2D eigenvalue weighted by molar-refractivity contribution is 6.17. The minimum atomic E-state index is -0.566. The van der Waals surface area contributed by atoms with Crippen molar-refractivity contribution in [1.82, 2.24) is 15.0 Å². The Bertz CT molecular complexity index is 3350. The van der Waals surface area contributed by atoms with Gasteiger partial charge < -0.3 is 8.83 Å². The molecule has 0 radical (unpaired) electrons. The van der Waals surface area contributed by atoms with Gasteiger partial charge in [-0.3, -0.25) is 0 Å². The van der Waals surface area contributed by atoms with Crippen molar-refractivity contribution in [3.8, 4) is 45.3 Å². The van der Waals surface area contributed by atoms with Gasteiger partial charge in [0.05, 0.1) is 17.9 Å². The van der Waals surface area contributed by atoms with Crippen molar-refractivity contribution < 1.29 is 21.2 Å². The van der Waals surface area contributed by atoms with E-state index in [4.69, 9.17) is 36.1 Å². The van der Waals surface area contributed by atoms with Gasteiger partial charge in [-0.1, -0.05) is 115 Å². The molecule has 3 heterocycles. The van der Waals surface area contributed by atoms with E-state index >= 15 is 0 Å². The van der Waals surface area contributed by atoms with Gasteiger partial charge in [0.1, 0.15) is 22.3 Å². The molecule has 0 saturated heterocycles. The number of nitrogens with zero attached hydrogens (tertiary/aromatic N) is 3. The summed E-state index contributed by atoms with van der Waals surface area (Å²) in [7, 11) is 0. The summed E-state index contributed by atoms with van der Waals surface area (Å²) < 4.78 is 91.3. The van der Waals surface area contributed by atoms with Crippen LogP contribution in [0.1, 0.15) is 12.3 Å². The Balaban J connectivity index is 1.24. The Morgan fingerprint density at radius 2 is 1.04 bits per heavy atom. The summed E-state index contributed by atoms with van der Waals surface area (Å²) >= 11 is 0. The quantitative estimate of drug-likeness (QED) is 0.195. The topological polar surface area (TPSA) is 65.0 Å². The normalized spacial score (nSPS) is 14.4. The van der Waals surface area contributed by atoms with E-state index in [-0.39, 0.29) is 55.7 Å². The average Bonchev–Trinajstić information content (AvgIpc) is 3.81. The fourth-order valence-corrected chi connectivity index (χ4v) is 6.15. The molecule has 0 saturated carbocycles. The van der Waals surface area contributed by atoms with Crippen molar-refractivity contribution in [2.24, 2.45) is 0 Å². The first-order chi connectivity index (χ1) is 27.5. The largest absolute Gasteiger partial charge is 0.456 e. The second-order valence-electron chi connectivity index (χ2n) is 11.3. The molecule has 7 aromatic carbocycles. The Hall–Kier alpha value is -6.59. The highest BCUT2D eigenvalue weighted by Gasteiger charge is 2.19. The molecular formula is C43H25N3O2. The molecular weight excluding hydrogens is 590 g/mol. The van der Waals surface area contributed by atoms with Crippen LogP contribution in [-0.4, -0.2) is 15.0 Å². The van der Waals surface area contributed by atoms with Crippen molar-refractivity contribution in [3.05, 3.63) is 151 Å². The van der Waals surface area contributed by atoms with Crippen LogP contribution in [0.5, 0.6) is 0 Å². The van der Waals surface area contributed by atoms with Gasteiger partial charge in [-0.25, -0.2) is 15.0 Å². The molecule has 10 aromatic rings. The average molecular weight is 625 g/mol. The highest BCUT2D eigenvalue weighted by atomic mass is 16.3. The fraction of sp³-hybridized carbons (Fsp3) is 0. The van der Waals surface area contributed by atoms with E-state index in [0.717, 1.165) is 21.9 Å². The third-order valence-corrected chi connectivity index (χ3v) is 8.47. The van der Waals surface area contributed by atoms with E-state index in [1.165, 1.54) is 0 Å². The minimum Gasteiger partial charge on any atom is -0.456 e. The molecule has 0 N–H and O–H groups in total. The van der Waals surface area contributed by atoms with E-state index in [2.05, 4.69) is 6.07 Å². The van der Waals surface area contributed by atoms with Crippen molar-refractivity contribution in [2.45, 2.75) is 0 Å². The minimum absolute atomic E-state index is 0.0672. The third kappa shape index (κ3) is 4.22. The summed E-state index contributed by atoms with van der Waals surface area (Å²) in [6, 6.07) is 26.4. The van der Waals surface area contributed by atoms with Crippen molar-refractivity contribution in [1.29, 1.82) is 0 Å². The first kappa shape index (κ1) is 19.2. The molecule has 0 bridgehead atoms. The van der Waals surface area contributed by atoms with Crippen LogP contribution >= 0.6 is 0 Å². The number of hydrogen-bond acceptors (Lipinski definition) is 5. The Morgan fingerprint density at radius 3 is 1.83 bits per heavy atom. The summed E-state index contributed by atoms with van der Waals surface area (Å²) in [4.78, 5) is 14.4. The molecule has 48 heavy (non-hydrogen) atoms. The summed E-state index contributed by atoms with van der Waals surface area (Å²) in [5.41, 5.74) is 4.17. The lowest BCUT2D eigenvalue weighted by Gasteiger charge is -2.08. The Morgan fingerprint density at radius 1 is 0.417 bits per heavy atom. The van der Waals surface area contributed by atoms with Crippen LogP contribution in [0.25, 0.3) is 99.9 Å². The van der Waals surface area contributed by atoms with E-state index in [0.29, 0.717) is 22.3 Å². The van der Waals surface area contributed by atoms with E-state index in [1.54, 1.807) is 0 Å². The first-order valence-electron chi connectivity index (χ1n) is 19.7. The highest BCUT2D eigenvalue weighted by Crippen LogP contribution is 2.39. The Kier molecular flexibility index (Phi) is 4.18. The second-order valence-corrected chi connectivity index (χ2v) is 11.3. The van der Waals surface area contributed by atoms with Gasteiger partial charge in [-0.2, -0.15) is 0 Å². The van der Waals surface area contributed by atoms with E-state index in [9.17, 15) is 0 Å². The number of fused-ring (bicyclic) bond motifs is 8. The number of benzene rings is 7. The van der Waals surface area contributed by atoms with Crippen LogP contribution in [0.2, 0.25) is 0 Å². The van der Waals surface area contributed by atoms with Crippen LogP contribution in [0.4, 0.5) is 0 Å². The molecule has 0 unspecified atom stereocenters. The van der Waals surface area contributed by atoms with Gasteiger partial charge >= 0.3 is 0 Å². The van der Waals surface area contributed by atoms with Crippen LogP contribution in [0, 0.1) is 0 Å². The van der Waals surface area contributed by atoms with Crippen molar-refractivity contribution in [3.63, 3.8) is 0 Å². The number of para-hydroxylation sites is 1. The van der Waals surface area contributed by atoms with Gasteiger partial charge in [0.25, 0.3) is 0 Å². The second kappa shape index (κ2) is 10.5. The smallest absolute Gasteiger partial charge is 0.167 e. The molecule has 5 heteroatoms. The molecule has 3 aromatic heterocycles. The van der Waals surface area contributed by atoms with Crippen LogP contribution < -0.4 is 0 Å². The summed E-state index contributed by atoms with van der Waals surface area (Å²) in [6.07, 6.45) is 0. The predicted octanol–water partition coefficient (Wildman–Crippen LogP) is 11.5. The zero-order valence-electron chi connectivity index (χ0n) is 33.9. The lowest BCUT2D eigenvalue weighted by Crippen LogP contribution is -2.00. The molecule has 0 aliphatic carbocycles. The number of aromatic nitrogens is 3. The number of furan rings is 2. The van der Waals surface area contributed by atoms with Gasteiger partial charge in [0.2, 0.25) is 0 Å². The van der Waals surface area contributed by atoms with Gasteiger partial charge in [0, 0.05) is 38.1 Å². The molecule has 5 nitrogen and oxygen atoms in total. The molecule has 0 fully saturated rings. The maximum atomic E-state index is 9.14. The molecule has 0 spiro atoms. The molecule has 0 aliphatic rings. The zero-order valence-corrected chi connectivity index (χ0v) is 24.9. The first-order valence-corrected chi connectivity index (χ1v) is 15.2. The fourth-order valence-electron chi connectivity index (χ4n) is 6.15. The van der Waals surface area contributed by atoms with E-state index < -0.39 is 54.4 Å². The lowest BCUT2D eigenvalue weighted by molar-refractivity contribution is 0.669. The van der Waals surface area contributed by atoms with Crippen LogP contribution in [-0.2, 0) is 0 Å². The summed E-state index contributed by atoms with van der Waals surface area (Å²) in [6.45, 7) is 0.